The number of carbonyl (C=O) groups excluding carboxylic acids is 2. The number of alkyl halides is 5. The number of nitrogens with zero attached hydrogens (tertiary/aromatic N) is 5. The van der Waals surface area contributed by atoms with Gasteiger partial charge in [0.25, 0.3) is 5.91 Å². The summed E-state index contributed by atoms with van der Waals surface area (Å²) < 4.78 is 82.8. The third-order valence-corrected chi connectivity index (χ3v) is 6.92. The number of fused-ring (bicyclic) bond motifs is 1. The zero-order chi connectivity index (χ0) is 30.1. The normalized spacial score (nSPS) is 17.5. The first kappa shape index (κ1) is 30.3. The third kappa shape index (κ3) is 7.15. The summed E-state index contributed by atoms with van der Waals surface area (Å²) in [5, 5.41) is 23.0. The molecule has 3 heterocycles. The summed E-state index contributed by atoms with van der Waals surface area (Å²) in [5.74, 6) is -6.12. The molecule has 3 aromatic heterocycles. The predicted octanol–water partition coefficient (Wildman–Crippen LogP) is 4.39. The average Bonchev–Trinajstić information content (AvgIpc) is 3.51. The molecule has 41 heavy (non-hydrogen) atoms. The van der Waals surface area contributed by atoms with E-state index in [4.69, 9.17) is 0 Å². The van der Waals surface area contributed by atoms with Crippen LogP contribution in [-0.4, -0.2) is 53.4 Å². The highest BCUT2D eigenvalue weighted by Gasteiger charge is 2.41. The van der Waals surface area contributed by atoms with Crippen LogP contribution in [0.15, 0.2) is 24.5 Å². The first-order chi connectivity index (χ1) is 19.1. The standard InChI is InChI=1S/C25H29F6N7O3/c1-13(2)37-16(6-10-32-37)23(41)36-19(14-3-7-24(27,28)8-4-14)20-21(26)38-17(34-20)11-15(12-33-38)22(40)35-18(39)5-9-25(29,30)31/h6,10-14,19,22,40H,3-5,7-9H2,1-2H3,(H,35,39)(H,36,41)/t19-,22+/m0/s1. The molecule has 1 aliphatic carbocycles. The van der Waals surface area contributed by atoms with Gasteiger partial charge < -0.3 is 15.7 Å². The number of aliphatic hydroxyl groups is 1. The Kier molecular flexibility index (Phi) is 8.61. The third-order valence-electron chi connectivity index (χ3n) is 6.92. The molecule has 2 atom stereocenters. The molecule has 0 spiro atoms. The molecule has 224 valence electrons. The van der Waals surface area contributed by atoms with Crippen molar-refractivity contribution in [3.8, 4) is 0 Å². The number of nitrogens with one attached hydrogen (secondary N) is 2. The molecule has 0 radical (unpaired) electrons. The molecule has 4 rings (SSSR count). The largest absolute Gasteiger partial charge is 0.389 e. The number of imidazole rings is 1. The van der Waals surface area contributed by atoms with Crippen LogP contribution >= 0.6 is 0 Å². The van der Waals surface area contributed by atoms with Gasteiger partial charge >= 0.3 is 6.18 Å². The van der Waals surface area contributed by atoms with Gasteiger partial charge in [0.1, 0.15) is 11.4 Å². The molecule has 0 aromatic carbocycles. The maximum Gasteiger partial charge on any atom is 0.389 e. The summed E-state index contributed by atoms with van der Waals surface area (Å²) >= 11 is 0. The Morgan fingerprint density at radius 3 is 2.49 bits per heavy atom. The second-order valence-corrected chi connectivity index (χ2v) is 10.3. The SMILES string of the molecule is CC(C)n1nccc1C(=O)N[C@H](c1nc2cc([C@@H](O)NC(=O)CCC(F)(F)F)cnn2c1F)C1CCC(F)(F)CC1. The Morgan fingerprint density at radius 2 is 1.85 bits per heavy atom. The zero-order valence-electron chi connectivity index (χ0n) is 22.1. The maximum absolute atomic E-state index is 15.6. The summed E-state index contributed by atoms with van der Waals surface area (Å²) in [6.07, 6.45) is -7.12. The van der Waals surface area contributed by atoms with Gasteiger partial charge in [-0.3, -0.25) is 14.3 Å². The summed E-state index contributed by atoms with van der Waals surface area (Å²) in [6, 6.07) is 1.34. The Labute approximate surface area is 230 Å². The highest BCUT2D eigenvalue weighted by atomic mass is 19.4. The highest BCUT2D eigenvalue weighted by molar-refractivity contribution is 5.92. The van der Waals surface area contributed by atoms with Gasteiger partial charge in [-0.2, -0.15) is 32.3 Å². The summed E-state index contributed by atoms with van der Waals surface area (Å²) in [5.41, 5.74) is -0.322. The van der Waals surface area contributed by atoms with Crippen molar-refractivity contribution < 1.29 is 41.0 Å². The molecule has 3 aromatic rings. The number of hydrogen-bond donors (Lipinski definition) is 3. The van der Waals surface area contributed by atoms with Crippen molar-refractivity contribution in [2.24, 2.45) is 5.92 Å². The van der Waals surface area contributed by atoms with Crippen LogP contribution in [0.1, 0.15) is 92.4 Å². The van der Waals surface area contributed by atoms with E-state index >= 15 is 4.39 Å². The van der Waals surface area contributed by atoms with Crippen molar-refractivity contribution in [1.29, 1.82) is 0 Å². The van der Waals surface area contributed by atoms with Gasteiger partial charge in [-0.1, -0.05) is 0 Å². The van der Waals surface area contributed by atoms with E-state index in [9.17, 15) is 36.6 Å². The lowest BCUT2D eigenvalue weighted by molar-refractivity contribution is -0.145. The second-order valence-electron chi connectivity index (χ2n) is 10.3. The summed E-state index contributed by atoms with van der Waals surface area (Å²) in [6.45, 7) is 3.62. The first-order valence-electron chi connectivity index (χ1n) is 13.0. The topological polar surface area (TPSA) is 126 Å². The van der Waals surface area contributed by atoms with E-state index in [1.165, 1.54) is 16.9 Å². The Hall–Kier alpha value is -3.69. The van der Waals surface area contributed by atoms with E-state index < -0.39 is 73.7 Å². The lowest BCUT2D eigenvalue weighted by Gasteiger charge is -2.33. The van der Waals surface area contributed by atoms with Crippen LogP contribution in [0.4, 0.5) is 26.3 Å². The van der Waals surface area contributed by atoms with Gasteiger partial charge in [0.05, 0.1) is 18.7 Å². The minimum absolute atomic E-state index is 0.0178. The van der Waals surface area contributed by atoms with E-state index in [2.05, 4.69) is 20.5 Å². The lowest BCUT2D eigenvalue weighted by atomic mass is 9.81. The van der Waals surface area contributed by atoms with Gasteiger partial charge in [0, 0.05) is 37.1 Å². The number of rotatable bonds is 9. The smallest absolute Gasteiger partial charge is 0.369 e. The number of carbonyl (C=O) groups is 2. The van der Waals surface area contributed by atoms with Crippen LogP contribution in [-0.2, 0) is 4.79 Å². The molecule has 0 saturated heterocycles. The molecule has 0 aliphatic heterocycles. The fourth-order valence-corrected chi connectivity index (χ4v) is 4.78. The van der Waals surface area contributed by atoms with Crippen molar-refractivity contribution >= 4 is 17.5 Å². The molecule has 0 unspecified atom stereocenters. The zero-order valence-corrected chi connectivity index (χ0v) is 22.1. The Morgan fingerprint density at radius 1 is 1.17 bits per heavy atom. The van der Waals surface area contributed by atoms with Crippen LogP contribution in [0.3, 0.4) is 0 Å². The monoisotopic (exact) mass is 589 g/mol. The minimum atomic E-state index is -4.55. The molecule has 1 aliphatic rings. The van der Waals surface area contributed by atoms with Crippen LogP contribution in [0.25, 0.3) is 5.65 Å². The van der Waals surface area contributed by atoms with Crippen LogP contribution in [0.2, 0.25) is 0 Å². The van der Waals surface area contributed by atoms with Gasteiger partial charge in [-0.25, -0.2) is 13.8 Å². The average molecular weight is 590 g/mol. The fourth-order valence-electron chi connectivity index (χ4n) is 4.78. The highest BCUT2D eigenvalue weighted by Crippen LogP contribution is 2.42. The predicted molar refractivity (Wildman–Crippen MR) is 131 cm³/mol. The van der Waals surface area contributed by atoms with Gasteiger partial charge in [0.2, 0.25) is 17.8 Å². The molecule has 2 amide bonds. The number of halogens is 6. The Balaban J connectivity index is 1.62. The number of aromatic nitrogens is 5. The van der Waals surface area contributed by atoms with Gasteiger partial charge in [-0.15, -0.1) is 0 Å². The van der Waals surface area contributed by atoms with Gasteiger partial charge in [0.15, 0.2) is 11.9 Å². The molecule has 10 nitrogen and oxygen atoms in total. The number of aliphatic hydroxyl groups excluding tert-OH is 1. The molecule has 3 N–H and O–H groups in total. The molecule has 0 bridgehead atoms. The lowest BCUT2D eigenvalue weighted by Crippen LogP contribution is -2.38. The van der Waals surface area contributed by atoms with E-state index in [1.54, 1.807) is 0 Å². The van der Waals surface area contributed by atoms with E-state index in [1.807, 2.05) is 19.2 Å². The van der Waals surface area contributed by atoms with Crippen molar-refractivity contribution in [3.05, 3.63) is 47.4 Å². The first-order valence-corrected chi connectivity index (χ1v) is 13.0. The molecular weight excluding hydrogens is 560 g/mol. The van der Waals surface area contributed by atoms with Crippen molar-refractivity contribution in [2.45, 2.75) is 82.8 Å². The minimum Gasteiger partial charge on any atom is -0.369 e. The summed E-state index contributed by atoms with van der Waals surface area (Å²) in [7, 11) is 0. The van der Waals surface area contributed by atoms with Gasteiger partial charge in [-0.05, 0) is 44.7 Å². The van der Waals surface area contributed by atoms with E-state index in [0.717, 1.165) is 16.8 Å². The molecular formula is C25H29F6N7O3. The number of amides is 2. The van der Waals surface area contributed by atoms with Crippen LogP contribution in [0, 0.1) is 11.9 Å². The van der Waals surface area contributed by atoms with Crippen molar-refractivity contribution in [3.63, 3.8) is 0 Å². The Bertz CT molecular complexity index is 1390. The van der Waals surface area contributed by atoms with Crippen LogP contribution in [0.5, 0.6) is 0 Å². The number of hydrogen-bond acceptors (Lipinski definition) is 6. The second kappa shape index (κ2) is 11.7. The fraction of sp³-hybridized carbons (Fsp3) is 0.560. The van der Waals surface area contributed by atoms with Crippen molar-refractivity contribution in [1.82, 2.24) is 35.0 Å². The van der Waals surface area contributed by atoms with E-state index in [-0.39, 0.29) is 41.5 Å². The van der Waals surface area contributed by atoms with E-state index in [0.29, 0.717) is 0 Å². The quantitative estimate of drug-likeness (QED) is 0.251. The molecule has 1 fully saturated rings. The maximum atomic E-state index is 15.6. The summed E-state index contributed by atoms with van der Waals surface area (Å²) in [4.78, 5) is 29.3. The molecule has 16 heteroatoms. The van der Waals surface area contributed by atoms with Crippen LogP contribution < -0.4 is 10.6 Å². The van der Waals surface area contributed by atoms with Crippen molar-refractivity contribution in [2.75, 3.05) is 0 Å². The molecule has 1 saturated carbocycles.